The third kappa shape index (κ3) is 2.75. The molecular formula is C12H16BrNO2. The predicted molar refractivity (Wildman–Crippen MR) is 66.6 cm³/mol. The second kappa shape index (κ2) is 4.73. The number of nitrogens with one attached hydrogen (secondary N) is 1. The van der Waals surface area contributed by atoms with Gasteiger partial charge in [0, 0.05) is 10.9 Å². The Morgan fingerprint density at radius 1 is 1.31 bits per heavy atom. The lowest BCUT2D eigenvalue weighted by Crippen LogP contribution is -2.43. The summed E-state index contributed by atoms with van der Waals surface area (Å²) in [5.74, 6) is 0.246. The van der Waals surface area contributed by atoms with Crippen molar-refractivity contribution in [2.75, 3.05) is 13.1 Å². The van der Waals surface area contributed by atoms with Crippen LogP contribution in [0.3, 0.4) is 0 Å². The monoisotopic (exact) mass is 285 g/mol. The zero-order valence-corrected chi connectivity index (χ0v) is 10.6. The minimum atomic E-state index is -0.637. The molecule has 4 heteroatoms. The van der Waals surface area contributed by atoms with E-state index in [9.17, 15) is 10.2 Å². The lowest BCUT2D eigenvalue weighted by Gasteiger charge is -2.33. The first-order valence-electron chi connectivity index (χ1n) is 5.50. The molecule has 0 saturated carbocycles. The quantitative estimate of drug-likeness (QED) is 0.777. The smallest absolute Gasteiger partial charge is 0.115 e. The van der Waals surface area contributed by atoms with Gasteiger partial charge in [-0.05, 0) is 49.7 Å². The Morgan fingerprint density at radius 2 is 2.00 bits per heavy atom. The molecule has 1 aromatic rings. The summed E-state index contributed by atoms with van der Waals surface area (Å²) in [4.78, 5) is 0. The van der Waals surface area contributed by atoms with Gasteiger partial charge in [-0.15, -0.1) is 0 Å². The maximum Gasteiger partial charge on any atom is 0.115 e. The van der Waals surface area contributed by atoms with E-state index >= 15 is 0 Å². The van der Waals surface area contributed by atoms with Gasteiger partial charge in [-0.1, -0.05) is 15.9 Å². The third-order valence-corrected chi connectivity index (χ3v) is 3.86. The molecular weight excluding hydrogens is 270 g/mol. The summed E-state index contributed by atoms with van der Waals surface area (Å²) in [6.45, 7) is 1.71. The van der Waals surface area contributed by atoms with Crippen LogP contribution in [0.2, 0.25) is 0 Å². The van der Waals surface area contributed by atoms with Crippen molar-refractivity contribution in [3.05, 3.63) is 28.2 Å². The Morgan fingerprint density at radius 3 is 2.69 bits per heavy atom. The average Bonchev–Trinajstić information content (AvgIpc) is 2.24. The van der Waals surface area contributed by atoms with E-state index in [1.165, 1.54) is 0 Å². The Bertz CT molecular complexity index is 375. The van der Waals surface area contributed by atoms with Gasteiger partial charge >= 0.3 is 0 Å². The van der Waals surface area contributed by atoms with Crippen LogP contribution in [0, 0.1) is 0 Å². The molecule has 2 rings (SSSR count). The van der Waals surface area contributed by atoms with Crippen molar-refractivity contribution in [3.63, 3.8) is 0 Å². The molecule has 3 N–H and O–H groups in total. The lowest BCUT2D eigenvalue weighted by molar-refractivity contribution is 0.0107. The number of rotatable bonds is 2. The molecule has 0 amide bonds. The first-order valence-corrected chi connectivity index (χ1v) is 6.29. The van der Waals surface area contributed by atoms with Gasteiger partial charge < -0.3 is 15.5 Å². The normalized spacial score (nSPS) is 19.6. The van der Waals surface area contributed by atoms with Gasteiger partial charge in [0.25, 0.3) is 0 Å². The van der Waals surface area contributed by atoms with Crippen LogP contribution in [0.1, 0.15) is 18.4 Å². The van der Waals surface area contributed by atoms with E-state index in [1.807, 2.05) is 6.07 Å². The molecule has 1 aromatic carbocycles. The molecule has 16 heavy (non-hydrogen) atoms. The van der Waals surface area contributed by atoms with E-state index in [0.29, 0.717) is 6.42 Å². The number of piperidine rings is 1. The summed E-state index contributed by atoms with van der Waals surface area (Å²) < 4.78 is 0.942. The predicted octanol–water partition coefficient (Wildman–Crippen LogP) is 1.81. The fraction of sp³-hybridized carbons (Fsp3) is 0.500. The minimum Gasteiger partial charge on any atom is -0.508 e. The third-order valence-electron chi connectivity index (χ3n) is 3.08. The van der Waals surface area contributed by atoms with Gasteiger partial charge in [-0.2, -0.15) is 0 Å². The molecule has 0 spiro atoms. The Balaban J connectivity index is 2.15. The molecule has 1 saturated heterocycles. The van der Waals surface area contributed by atoms with Crippen LogP contribution >= 0.6 is 15.9 Å². The van der Waals surface area contributed by atoms with E-state index < -0.39 is 5.60 Å². The zero-order valence-electron chi connectivity index (χ0n) is 9.04. The Hall–Kier alpha value is -0.580. The largest absolute Gasteiger partial charge is 0.508 e. The molecule has 0 atom stereocenters. The first kappa shape index (κ1) is 11.9. The summed E-state index contributed by atoms with van der Waals surface area (Å²) in [6, 6.07) is 5.17. The van der Waals surface area contributed by atoms with Gasteiger partial charge in [0.15, 0.2) is 0 Å². The molecule has 1 fully saturated rings. The molecule has 0 bridgehead atoms. The Labute approximate surface area is 104 Å². The second-order valence-corrected chi connectivity index (χ2v) is 5.28. The number of phenolic OH excluding ortho intramolecular Hbond substituents is 1. The lowest BCUT2D eigenvalue weighted by atomic mass is 9.86. The first-order chi connectivity index (χ1) is 7.59. The van der Waals surface area contributed by atoms with Crippen molar-refractivity contribution in [1.82, 2.24) is 5.32 Å². The number of hydrogen-bond donors (Lipinski definition) is 3. The van der Waals surface area contributed by atoms with Crippen LogP contribution in [0.25, 0.3) is 0 Å². The highest BCUT2D eigenvalue weighted by Crippen LogP contribution is 2.29. The zero-order chi connectivity index (χ0) is 11.6. The molecule has 1 aliphatic rings. The highest BCUT2D eigenvalue weighted by Gasteiger charge is 2.29. The van der Waals surface area contributed by atoms with Gasteiger partial charge in [-0.3, -0.25) is 0 Å². The van der Waals surface area contributed by atoms with Gasteiger partial charge in [0.05, 0.1) is 5.60 Å². The maximum absolute atomic E-state index is 10.4. The molecule has 0 unspecified atom stereocenters. The number of aliphatic hydroxyl groups is 1. The number of halogens is 1. The van der Waals surface area contributed by atoms with E-state index in [4.69, 9.17) is 0 Å². The van der Waals surface area contributed by atoms with Crippen LogP contribution in [0.5, 0.6) is 5.75 Å². The standard InChI is InChI=1S/C12H16BrNO2/c13-11-2-1-10(15)7-9(11)8-12(16)3-5-14-6-4-12/h1-2,7,14-16H,3-6,8H2. The van der Waals surface area contributed by atoms with Crippen LogP contribution in [-0.4, -0.2) is 28.9 Å². The van der Waals surface area contributed by atoms with Crippen molar-refractivity contribution in [1.29, 1.82) is 0 Å². The number of aromatic hydroxyl groups is 1. The summed E-state index contributed by atoms with van der Waals surface area (Å²) in [6.07, 6.45) is 2.11. The molecule has 0 radical (unpaired) electrons. The van der Waals surface area contributed by atoms with E-state index in [1.54, 1.807) is 12.1 Å². The average molecular weight is 286 g/mol. The highest BCUT2D eigenvalue weighted by molar-refractivity contribution is 9.10. The second-order valence-electron chi connectivity index (χ2n) is 4.43. The molecule has 3 nitrogen and oxygen atoms in total. The molecule has 1 aliphatic heterocycles. The fourth-order valence-corrected chi connectivity index (χ4v) is 2.51. The minimum absolute atomic E-state index is 0.246. The number of hydrogen-bond acceptors (Lipinski definition) is 3. The van der Waals surface area contributed by atoms with Crippen molar-refractivity contribution in [2.45, 2.75) is 24.9 Å². The summed E-state index contributed by atoms with van der Waals surface area (Å²) in [7, 11) is 0. The van der Waals surface area contributed by atoms with Crippen LogP contribution in [0.15, 0.2) is 22.7 Å². The molecule has 1 heterocycles. The summed E-state index contributed by atoms with van der Waals surface area (Å²) in [5, 5.41) is 23.1. The van der Waals surface area contributed by atoms with Crippen molar-refractivity contribution >= 4 is 15.9 Å². The van der Waals surface area contributed by atoms with E-state index in [0.717, 1.165) is 36.0 Å². The van der Waals surface area contributed by atoms with Gasteiger partial charge in [-0.25, -0.2) is 0 Å². The number of benzene rings is 1. The molecule has 0 aromatic heterocycles. The topological polar surface area (TPSA) is 52.5 Å². The van der Waals surface area contributed by atoms with Crippen molar-refractivity contribution in [3.8, 4) is 5.75 Å². The summed E-state index contributed by atoms with van der Waals surface area (Å²) in [5.41, 5.74) is 0.325. The van der Waals surface area contributed by atoms with E-state index in [-0.39, 0.29) is 5.75 Å². The highest BCUT2D eigenvalue weighted by atomic mass is 79.9. The van der Waals surface area contributed by atoms with Gasteiger partial charge in [0.2, 0.25) is 0 Å². The molecule has 0 aliphatic carbocycles. The van der Waals surface area contributed by atoms with Crippen LogP contribution in [0.4, 0.5) is 0 Å². The summed E-state index contributed by atoms with van der Waals surface area (Å²) >= 11 is 3.44. The molecule has 88 valence electrons. The van der Waals surface area contributed by atoms with Crippen LogP contribution < -0.4 is 5.32 Å². The maximum atomic E-state index is 10.4. The van der Waals surface area contributed by atoms with Gasteiger partial charge in [0.1, 0.15) is 5.75 Å². The fourth-order valence-electron chi connectivity index (χ4n) is 2.12. The van der Waals surface area contributed by atoms with Crippen molar-refractivity contribution in [2.24, 2.45) is 0 Å². The van der Waals surface area contributed by atoms with Crippen molar-refractivity contribution < 1.29 is 10.2 Å². The van der Waals surface area contributed by atoms with E-state index in [2.05, 4.69) is 21.2 Å². The van der Waals surface area contributed by atoms with Crippen LogP contribution in [-0.2, 0) is 6.42 Å². The Kier molecular flexibility index (Phi) is 3.52. The SMILES string of the molecule is Oc1ccc(Br)c(CC2(O)CCNCC2)c1. The number of phenols is 1.